The lowest BCUT2D eigenvalue weighted by Gasteiger charge is -2.07. The van der Waals surface area contributed by atoms with E-state index < -0.39 is 6.55 Å². The van der Waals surface area contributed by atoms with Crippen molar-refractivity contribution in [2.45, 2.75) is 25.9 Å². The number of unbranched alkanes of at least 4 members (excludes halogenated alkanes) is 1. The van der Waals surface area contributed by atoms with Crippen molar-refractivity contribution in [3.05, 3.63) is 18.0 Å². The molecule has 0 saturated carbocycles. The standard InChI is InChI=1S/C9H15F2N3O/c10-9(11)14-8(3-5-13-14)7-12-4-1-2-6-15/h3,5,9,12,15H,1-2,4,6-7H2. The topological polar surface area (TPSA) is 50.1 Å². The lowest BCUT2D eigenvalue weighted by atomic mass is 10.3. The molecule has 6 heteroatoms. The van der Waals surface area contributed by atoms with Crippen LogP contribution < -0.4 is 5.32 Å². The van der Waals surface area contributed by atoms with Crippen LogP contribution >= 0.6 is 0 Å². The van der Waals surface area contributed by atoms with Crippen LogP contribution in [0.15, 0.2) is 12.3 Å². The fourth-order valence-corrected chi connectivity index (χ4v) is 1.24. The van der Waals surface area contributed by atoms with Gasteiger partial charge >= 0.3 is 6.55 Å². The van der Waals surface area contributed by atoms with Crippen molar-refractivity contribution < 1.29 is 13.9 Å². The second-order valence-corrected chi connectivity index (χ2v) is 3.15. The summed E-state index contributed by atoms with van der Waals surface area (Å²) in [5.41, 5.74) is 0.467. The Balaban J connectivity index is 2.28. The molecule has 1 rings (SSSR count). The predicted molar refractivity (Wildman–Crippen MR) is 51.5 cm³/mol. The van der Waals surface area contributed by atoms with E-state index in [0.717, 1.165) is 12.8 Å². The minimum absolute atomic E-state index is 0.163. The second-order valence-electron chi connectivity index (χ2n) is 3.15. The largest absolute Gasteiger partial charge is 0.396 e. The normalized spacial score (nSPS) is 11.2. The molecule has 1 heterocycles. The molecule has 0 spiro atoms. The molecule has 86 valence electrons. The highest BCUT2D eigenvalue weighted by atomic mass is 19.3. The molecule has 0 radical (unpaired) electrons. The van der Waals surface area contributed by atoms with Crippen molar-refractivity contribution in [2.24, 2.45) is 0 Å². The molecule has 0 amide bonds. The van der Waals surface area contributed by atoms with Gasteiger partial charge in [-0.1, -0.05) is 0 Å². The highest BCUT2D eigenvalue weighted by Crippen LogP contribution is 2.11. The van der Waals surface area contributed by atoms with Crippen molar-refractivity contribution >= 4 is 0 Å². The molecule has 2 N–H and O–H groups in total. The zero-order chi connectivity index (χ0) is 11.1. The van der Waals surface area contributed by atoms with Crippen molar-refractivity contribution in [1.29, 1.82) is 0 Å². The van der Waals surface area contributed by atoms with Crippen LogP contribution in [0.2, 0.25) is 0 Å². The maximum absolute atomic E-state index is 12.3. The van der Waals surface area contributed by atoms with Gasteiger partial charge in [0.05, 0.1) is 5.69 Å². The quantitative estimate of drug-likeness (QED) is 0.676. The van der Waals surface area contributed by atoms with E-state index in [1.54, 1.807) is 6.07 Å². The van der Waals surface area contributed by atoms with E-state index in [0.29, 0.717) is 23.5 Å². The average Bonchev–Trinajstić information content (AvgIpc) is 2.66. The van der Waals surface area contributed by atoms with E-state index in [1.165, 1.54) is 6.20 Å². The summed E-state index contributed by atoms with van der Waals surface area (Å²) >= 11 is 0. The number of halogens is 2. The van der Waals surface area contributed by atoms with Crippen LogP contribution in [0.3, 0.4) is 0 Å². The van der Waals surface area contributed by atoms with Crippen molar-refractivity contribution in [3.8, 4) is 0 Å². The summed E-state index contributed by atoms with van der Waals surface area (Å²) in [4.78, 5) is 0. The Morgan fingerprint density at radius 3 is 2.93 bits per heavy atom. The van der Waals surface area contributed by atoms with Crippen LogP contribution in [0.1, 0.15) is 25.1 Å². The van der Waals surface area contributed by atoms with E-state index in [9.17, 15) is 8.78 Å². The first-order valence-corrected chi connectivity index (χ1v) is 4.88. The van der Waals surface area contributed by atoms with Crippen LogP contribution in [-0.2, 0) is 6.54 Å². The maximum atomic E-state index is 12.3. The molecule has 0 bridgehead atoms. The van der Waals surface area contributed by atoms with Gasteiger partial charge in [0.25, 0.3) is 0 Å². The SMILES string of the molecule is OCCCCNCc1ccnn1C(F)F. The number of alkyl halides is 2. The number of hydrogen-bond acceptors (Lipinski definition) is 3. The summed E-state index contributed by atoms with van der Waals surface area (Å²) in [5, 5.41) is 15.1. The number of rotatable bonds is 7. The smallest absolute Gasteiger partial charge is 0.333 e. The third-order valence-electron chi connectivity index (χ3n) is 2.00. The Morgan fingerprint density at radius 1 is 1.47 bits per heavy atom. The Kier molecular flexibility index (Phi) is 5.20. The van der Waals surface area contributed by atoms with Gasteiger partial charge in [-0.2, -0.15) is 13.9 Å². The van der Waals surface area contributed by atoms with E-state index in [2.05, 4.69) is 10.4 Å². The molecular formula is C9H15F2N3O. The predicted octanol–water partition coefficient (Wildman–Crippen LogP) is 1.14. The first-order valence-electron chi connectivity index (χ1n) is 4.88. The van der Waals surface area contributed by atoms with Gasteiger partial charge in [0, 0.05) is 19.3 Å². The Bertz CT molecular complexity index is 278. The van der Waals surface area contributed by atoms with Crippen molar-refractivity contribution in [2.75, 3.05) is 13.2 Å². The molecule has 0 saturated heterocycles. The van der Waals surface area contributed by atoms with Crippen LogP contribution in [0.5, 0.6) is 0 Å². The summed E-state index contributed by atoms with van der Waals surface area (Å²) in [6, 6.07) is 1.56. The molecule has 1 aromatic heterocycles. The Hall–Kier alpha value is -1.01. The fraction of sp³-hybridized carbons (Fsp3) is 0.667. The summed E-state index contributed by atoms with van der Waals surface area (Å²) in [6.45, 7) is -1.35. The van der Waals surface area contributed by atoms with Gasteiger partial charge in [-0.25, -0.2) is 4.68 Å². The summed E-state index contributed by atoms with van der Waals surface area (Å²) < 4.78 is 25.4. The first kappa shape index (κ1) is 12.1. The number of aliphatic hydroxyl groups is 1. The molecule has 15 heavy (non-hydrogen) atoms. The number of nitrogens with zero attached hydrogens (tertiary/aromatic N) is 2. The monoisotopic (exact) mass is 219 g/mol. The third kappa shape index (κ3) is 3.93. The number of hydrogen-bond donors (Lipinski definition) is 2. The van der Waals surface area contributed by atoms with Crippen LogP contribution in [0, 0.1) is 0 Å². The minimum Gasteiger partial charge on any atom is -0.396 e. The molecule has 0 aliphatic heterocycles. The molecule has 1 aromatic rings. The van der Waals surface area contributed by atoms with Crippen molar-refractivity contribution in [1.82, 2.24) is 15.1 Å². The Morgan fingerprint density at radius 2 is 2.27 bits per heavy atom. The van der Waals surface area contributed by atoms with Crippen LogP contribution in [0.25, 0.3) is 0 Å². The summed E-state index contributed by atoms with van der Waals surface area (Å²) in [7, 11) is 0. The highest BCUT2D eigenvalue weighted by molar-refractivity contribution is 5.00. The number of aliphatic hydroxyl groups excluding tert-OH is 1. The zero-order valence-corrected chi connectivity index (χ0v) is 8.37. The van der Waals surface area contributed by atoms with Crippen LogP contribution in [0.4, 0.5) is 8.78 Å². The van der Waals surface area contributed by atoms with Gasteiger partial charge in [-0.05, 0) is 25.5 Å². The summed E-state index contributed by atoms with van der Waals surface area (Å²) in [6.07, 6.45) is 2.91. The molecule has 0 aliphatic carbocycles. The van der Waals surface area contributed by atoms with Gasteiger partial charge < -0.3 is 10.4 Å². The van der Waals surface area contributed by atoms with E-state index in [-0.39, 0.29) is 6.61 Å². The van der Waals surface area contributed by atoms with Gasteiger partial charge in [0.1, 0.15) is 0 Å². The molecule has 0 aliphatic rings. The number of aromatic nitrogens is 2. The number of nitrogens with one attached hydrogen (secondary N) is 1. The molecule has 0 aromatic carbocycles. The second kappa shape index (κ2) is 6.47. The molecule has 0 atom stereocenters. The van der Waals surface area contributed by atoms with Gasteiger partial charge in [0.2, 0.25) is 0 Å². The first-order chi connectivity index (χ1) is 7.25. The van der Waals surface area contributed by atoms with E-state index in [4.69, 9.17) is 5.11 Å². The van der Waals surface area contributed by atoms with Gasteiger partial charge in [-0.15, -0.1) is 0 Å². The third-order valence-corrected chi connectivity index (χ3v) is 2.00. The average molecular weight is 219 g/mol. The lowest BCUT2D eigenvalue weighted by Crippen LogP contribution is -2.18. The summed E-state index contributed by atoms with van der Waals surface area (Å²) in [5.74, 6) is 0. The van der Waals surface area contributed by atoms with Crippen LogP contribution in [-0.4, -0.2) is 28.0 Å². The molecular weight excluding hydrogens is 204 g/mol. The van der Waals surface area contributed by atoms with Crippen molar-refractivity contribution in [3.63, 3.8) is 0 Å². The Labute approximate surface area is 86.9 Å². The van der Waals surface area contributed by atoms with Gasteiger partial charge in [0.15, 0.2) is 0 Å². The lowest BCUT2D eigenvalue weighted by molar-refractivity contribution is 0.0531. The minimum atomic E-state index is -2.59. The zero-order valence-electron chi connectivity index (χ0n) is 8.37. The maximum Gasteiger partial charge on any atom is 0.333 e. The van der Waals surface area contributed by atoms with E-state index >= 15 is 0 Å². The molecule has 4 nitrogen and oxygen atoms in total. The fourth-order valence-electron chi connectivity index (χ4n) is 1.24. The van der Waals surface area contributed by atoms with Gasteiger partial charge in [-0.3, -0.25) is 0 Å². The molecule has 0 fully saturated rings. The molecule has 0 unspecified atom stereocenters. The van der Waals surface area contributed by atoms with E-state index in [1.807, 2.05) is 0 Å². The highest BCUT2D eigenvalue weighted by Gasteiger charge is 2.10.